The number of benzene rings is 2. The number of nitrogens with zero attached hydrogens (tertiary/aromatic N) is 5. The number of anilines is 1. The number of aryl methyl sites for hydroxylation is 1. The lowest BCUT2D eigenvalue weighted by atomic mass is 10.1. The van der Waals surface area contributed by atoms with E-state index in [9.17, 15) is 14.0 Å². The molecule has 39 heavy (non-hydrogen) atoms. The van der Waals surface area contributed by atoms with Crippen LogP contribution in [-0.2, 0) is 7.05 Å². The first-order chi connectivity index (χ1) is 18.9. The van der Waals surface area contributed by atoms with E-state index in [1.807, 2.05) is 7.05 Å². The molecule has 0 unspecified atom stereocenters. The van der Waals surface area contributed by atoms with E-state index >= 15 is 0 Å². The van der Waals surface area contributed by atoms with E-state index in [1.165, 1.54) is 24.7 Å². The molecule has 0 bridgehead atoms. The fourth-order valence-corrected chi connectivity index (χ4v) is 4.35. The lowest BCUT2D eigenvalue weighted by Gasteiger charge is -2.13. The van der Waals surface area contributed by atoms with Gasteiger partial charge in [0.15, 0.2) is 11.6 Å². The molecule has 0 radical (unpaired) electrons. The number of amides is 1. The molecule has 4 heterocycles. The zero-order chi connectivity index (χ0) is 27.1. The Kier molecular flexibility index (Phi) is 6.01. The van der Waals surface area contributed by atoms with Crippen molar-refractivity contribution in [2.75, 3.05) is 5.32 Å². The number of carbonyl (C=O) groups excluding carboxylic acids is 1. The van der Waals surface area contributed by atoms with E-state index in [0.29, 0.717) is 27.4 Å². The zero-order valence-corrected chi connectivity index (χ0v) is 21.1. The minimum Gasteiger partial charge on any atom is -0.435 e. The summed E-state index contributed by atoms with van der Waals surface area (Å²) in [5.41, 5.74) is 1.17. The van der Waals surface area contributed by atoms with E-state index in [0.717, 1.165) is 6.07 Å². The van der Waals surface area contributed by atoms with Gasteiger partial charge in [-0.25, -0.2) is 19.3 Å². The molecule has 192 valence electrons. The van der Waals surface area contributed by atoms with Gasteiger partial charge in [0.1, 0.15) is 23.2 Å². The monoisotopic (exact) mass is 540 g/mol. The SMILES string of the molecule is Cn1ccc2c(Oc3ccc(NC(=O)c4cn(-c5ccc(Cl)cc5)c5ncccc5c4=O)cc3F)ncnc21. The first-order valence-electron chi connectivity index (χ1n) is 11.7. The van der Waals surface area contributed by atoms with Crippen LogP contribution in [0, 0.1) is 5.82 Å². The van der Waals surface area contributed by atoms with Crippen molar-refractivity contribution >= 4 is 45.3 Å². The number of ether oxygens (including phenoxy) is 1. The average molecular weight is 541 g/mol. The highest BCUT2D eigenvalue weighted by Crippen LogP contribution is 2.30. The highest BCUT2D eigenvalue weighted by Gasteiger charge is 2.18. The van der Waals surface area contributed by atoms with Gasteiger partial charge < -0.3 is 19.2 Å². The first kappa shape index (κ1) is 24.3. The van der Waals surface area contributed by atoms with Crippen LogP contribution < -0.4 is 15.5 Å². The molecule has 0 fully saturated rings. The number of rotatable bonds is 5. The van der Waals surface area contributed by atoms with Crippen molar-refractivity contribution in [2.45, 2.75) is 0 Å². The summed E-state index contributed by atoms with van der Waals surface area (Å²) in [7, 11) is 1.83. The summed E-state index contributed by atoms with van der Waals surface area (Å²) in [6.07, 6.45) is 6.10. The van der Waals surface area contributed by atoms with Crippen molar-refractivity contribution < 1.29 is 13.9 Å². The average Bonchev–Trinajstić information content (AvgIpc) is 3.32. The summed E-state index contributed by atoms with van der Waals surface area (Å²) in [5, 5.41) is 4.02. The number of fused-ring (bicyclic) bond motifs is 2. The van der Waals surface area contributed by atoms with E-state index in [-0.39, 0.29) is 28.3 Å². The fraction of sp³-hybridized carbons (Fsp3) is 0.0357. The second-order valence-corrected chi connectivity index (χ2v) is 9.07. The summed E-state index contributed by atoms with van der Waals surface area (Å²) < 4.78 is 24.1. The second kappa shape index (κ2) is 9.66. The molecule has 9 nitrogen and oxygen atoms in total. The minimum absolute atomic E-state index is 0.0845. The first-order valence-corrected chi connectivity index (χ1v) is 12.1. The Hall–Kier alpha value is -5.09. The molecule has 6 aromatic rings. The molecule has 0 aliphatic rings. The maximum atomic E-state index is 15.0. The lowest BCUT2D eigenvalue weighted by Crippen LogP contribution is -2.24. The molecule has 4 aromatic heterocycles. The van der Waals surface area contributed by atoms with E-state index < -0.39 is 17.2 Å². The molecule has 6 rings (SSSR count). The molecule has 0 saturated carbocycles. The molecule has 0 saturated heterocycles. The van der Waals surface area contributed by atoms with Crippen LogP contribution in [0.15, 0.2) is 90.4 Å². The third kappa shape index (κ3) is 4.47. The van der Waals surface area contributed by atoms with Crippen molar-refractivity contribution in [3.63, 3.8) is 0 Å². The van der Waals surface area contributed by atoms with Gasteiger partial charge in [0.25, 0.3) is 5.91 Å². The predicted molar refractivity (Wildman–Crippen MR) is 145 cm³/mol. The number of nitrogens with one attached hydrogen (secondary N) is 1. The van der Waals surface area contributed by atoms with Crippen molar-refractivity contribution in [1.82, 2.24) is 24.1 Å². The number of aromatic nitrogens is 5. The largest absolute Gasteiger partial charge is 0.435 e. The standard InChI is InChI=1S/C28H18ClFN6O3/c1-35-12-10-20-25(35)32-15-33-28(20)39-23-9-6-17(13-22(23)30)34-27(38)21-14-36(18-7-4-16(29)5-8-18)26-19(24(21)37)3-2-11-31-26/h2-15H,1H3,(H,34,38). The normalized spacial score (nSPS) is 11.2. The Balaban J connectivity index is 1.31. The van der Waals surface area contributed by atoms with Crippen LogP contribution in [0.3, 0.4) is 0 Å². The smallest absolute Gasteiger partial charge is 0.261 e. The van der Waals surface area contributed by atoms with Crippen LogP contribution in [0.4, 0.5) is 10.1 Å². The van der Waals surface area contributed by atoms with Crippen LogP contribution in [0.5, 0.6) is 11.6 Å². The third-order valence-electron chi connectivity index (χ3n) is 6.13. The minimum atomic E-state index is -0.725. The number of hydrogen-bond donors (Lipinski definition) is 1. The van der Waals surface area contributed by atoms with E-state index in [2.05, 4.69) is 20.3 Å². The van der Waals surface area contributed by atoms with Crippen LogP contribution in [0.2, 0.25) is 5.02 Å². The predicted octanol–water partition coefficient (Wildman–Crippen LogP) is 5.50. The molecule has 0 aliphatic carbocycles. The summed E-state index contributed by atoms with van der Waals surface area (Å²) >= 11 is 6.02. The Morgan fingerprint density at radius 1 is 1.00 bits per heavy atom. The molecule has 1 amide bonds. The van der Waals surface area contributed by atoms with Crippen LogP contribution in [-0.4, -0.2) is 30.0 Å². The number of pyridine rings is 2. The quantitative estimate of drug-likeness (QED) is 0.309. The molecular formula is C28H18ClFN6O3. The van der Waals surface area contributed by atoms with Gasteiger partial charge in [-0.3, -0.25) is 9.59 Å². The van der Waals surface area contributed by atoms with Gasteiger partial charge in [-0.05, 0) is 54.6 Å². The van der Waals surface area contributed by atoms with Gasteiger partial charge in [0, 0.05) is 48.1 Å². The summed E-state index contributed by atoms with van der Waals surface area (Å²) in [6, 6.07) is 15.8. The highest BCUT2D eigenvalue weighted by atomic mass is 35.5. The number of halogens is 2. The maximum Gasteiger partial charge on any atom is 0.261 e. The number of hydrogen-bond acceptors (Lipinski definition) is 6. The molecule has 11 heteroatoms. The summed E-state index contributed by atoms with van der Waals surface area (Å²) in [4.78, 5) is 39.0. The van der Waals surface area contributed by atoms with Gasteiger partial charge >= 0.3 is 0 Å². The Morgan fingerprint density at radius 2 is 1.82 bits per heavy atom. The van der Waals surface area contributed by atoms with Crippen molar-refractivity contribution in [2.24, 2.45) is 7.05 Å². The lowest BCUT2D eigenvalue weighted by molar-refractivity contribution is 0.102. The second-order valence-electron chi connectivity index (χ2n) is 8.64. The number of carbonyl (C=O) groups is 1. The Labute approximate surface area is 225 Å². The fourth-order valence-electron chi connectivity index (χ4n) is 4.22. The molecule has 0 aliphatic heterocycles. The van der Waals surface area contributed by atoms with Crippen molar-refractivity contribution in [3.8, 4) is 17.3 Å². The molecular weight excluding hydrogens is 523 g/mol. The van der Waals surface area contributed by atoms with Gasteiger partial charge in [-0.15, -0.1) is 0 Å². The molecule has 0 spiro atoms. The molecule has 0 atom stereocenters. The van der Waals surface area contributed by atoms with E-state index in [1.54, 1.807) is 64.0 Å². The van der Waals surface area contributed by atoms with Crippen LogP contribution >= 0.6 is 11.6 Å². The highest BCUT2D eigenvalue weighted by molar-refractivity contribution is 6.30. The van der Waals surface area contributed by atoms with Crippen molar-refractivity contribution in [1.29, 1.82) is 0 Å². The van der Waals surface area contributed by atoms with Gasteiger partial charge in [0.2, 0.25) is 11.3 Å². The topological polar surface area (TPSA) is 104 Å². The summed E-state index contributed by atoms with van der Waals surface area (Å²) in [6.45, 7) is 0. The van der Waals surface area contributed by atoms with Crippen molar-refractivity contribution in [3.05, 3.63) is 112 Å². The summed E-state index contributed by atoms with van der Waals surface area (Å²) in [5.74, 6) is -1.32. The molecule has 1 N–H and O–H groups in total. The Bertz CT molecular complexity index is 1950. The van der Waals surface area contributed by atoms with Gasteiger partial charge in [-0.2, -0.15) is 0 Å². The van der Waals surface area contributed by atoms with Gasteiger partial charge in [-0.1, -0.05) is 11.6 Å². The van der Waals surface area contributed by atoms with Crippen LogP contribution in [0.25, 0.3) is 27.8 Å². The third-order valence-corrected chi connectivity index (χ3v) is 6.39. The van der Waals surface area contributed by atoms with Gasteiger partial charge in [0.05, 0.1) is 10.8 Å². The van der Waals surface area contributed by atoms with Crippen LogP contribution in [0.1, 0.15) is 10.4 Å². The van der Waals surface area contributed by atoms with E-state index in [4.69, 9.17) is 16.3 Å². The molecule has 2 aromatic carbocycles. The Morgan fingerprint density at radius 3 is 2.62 bits per heavy atom. The zero-order valence-electron chi connectivity index (χ0n) is 20.3. The maximum absolute atomic E-state index is 15.0.